The maximum Gasteiger partial charge on any atom is 0.274 e. The number of rotatable bonds is 5. The summed E-state index contributed by atoms with van der Waals surface area (Å²) in [4.78, 5) is 24.1. The highest BCUT2D eigenvalue weighted by molar-refractivity contribution is 7.16. The fraction of sp³-hybridized carbons (Fsp3) is 0.118. The number of hydrogen-bond acceptors (Lipinski definition) is 4. The Labute approximate surface area is 143 Å². The molecule has 0 N–H and O–H groups in total. The highest BCUT2D eigenvalue weighted by atomic mass is 35.5. The third-order valence-corrected chi connectivity index (χ3v) is 4.50. The number of amides is 1. The van der Waals surface area contributed by atoms with E-state index in [0.717, 1.165) is 10.4 Å². The van der Waals surface area contributed by atoms with Crippen LogP contribution in [0.5, 0.6) is 0 Å². The van der Waals surface area contributed by atoms with E-state index in [0.29, 0.717) is 28.6 Å². The average molecular weight is 344 g/mol. The van der Waals surface area contributed by atoms with Crippen molar-refractivity contribution in [1.82, 2.24) is 14.9 Å². The number of para-hydroxylation sites is 2. The SMILES string of the molecule is C=CCN(Cc1ccc(Cl)s1)C(=O)c1cnc2ccccc2n1. The van der Waals surface area contributed by atoms with Crippen LogP contribution in [-0.2, 0) is 6.54 Å². The molecule has 1 aromatic carbocycles. The molecular formula is C17H14ClN3OS. The Morgan fingerprint density at radius 2 is 2.04 bits per heavy atom. The molecule has 0 radical (unpaired) electrons. The van der Waals surface area contributed by atoms with E-state index in [1.165, 1.54) is 17.5 Å². The predicted octanol–water partition coefficient (Wildman–Crippen LogP) is 4.17. The number of carbonyl (C=O) groups excluding carboxylic acids is 1. The number of benzene rings is 1. The molecule has 3 rings (SSSR count). The molecule has 0 fully saturated rings. The van der Waals surface area contributed by atoms with Gasteiger partial charge in [-0.15, -0.1) is 17.9 Å². The van der Waals surface area contributed by atoms with Crippen molar-refractivity contribution in [3.63, 3.8) is 0 Å². The quantitative estimate of drug-likeness (QED) is 0.653. The summed E-state index contributed by atoms with van der Waals surface area (Å²) in [6.07, 6.45) is 3.21. The van der Waals surface area contributed by atoms with Crippen LogP contribution in [0.4, 0.5) is 0 Å². The molecule has 0 bridgehead atoms. The van der Waals surface area contributed by atoms with E-state index >= 15 is 0 Å². The fourth-order valence-electron chi connectivity index (χ4n) is 2.22. The number of aromatic nitrogens is 2. The lowest BCUT2D eigenvalue weighted by atomic mass is 10.2. The van der Waals surface area contributed by atoms with Crippen molar-refractivity contribution in [2.45, 2.75) is 6.54 Å². The van der Waals surface area contributed by atoms with Crippen LogP contribution >= 0.6 is 22.9 Å². The number of halogens is 1. The highest BCUT2D eigenvalue weighted by Crippen LogP contribution is 2.23. The summed E-state index contributed by atoms with van der Waals surface area (Å²) in [6, 6.07) is 11.2. The van der Waals surface area contributed by atoms with Gasteiger partial charge in [-0.3, -0.25) is 9.78 Å². The fourth-order valence-corrected chi connectivity index (χ4v) is 3.33. The van der Waals surface area contributed by atoms with Crippen LogP contribution < -0.4 is 0 Å². The second-order valence-corrected chi connectivity index (χ2v) is 6.72. The molecule has 0 aliphatic carbocycles. The third-order valence-electron chi connectivity index (χ3n) is 3.28. The van der Waals surface area contributed by atoms with Crippen LogP contribution in [0, 0.1) is 0 Å². The Morgan fingerprint density at radius 1 is 1.26 bits per heavy atom. The van der Waals surface area contributed by atoms with Gasteiger partial charge in [-0.25, -0.2) is 4.98 Å². The molecule has 23 heavy (non-hydrogen) atoms. The van der Waals surface area contributed by atoms with E-state index in [9.17, 15) is 4.79 Å². The number of carbonyl (C=O) groups is 1. The first-order valence-corrected chi connectivity index (χ1v) is 8.23. The van der Waals surface area contributed by atoms with Crippen LogP contribution in [0.1, 0.15) is 15.4 Å². The Morgan fingerprint density at radius 3 is 2.74 bits per heavy atom. The van der Waals surface area contributed by atoms with Crippen molar-refractivity contribution in [2.24, 2.45) is 0 Å². The molecule has 4 nitrogen and oxygen atoms in total. The molecule has 6 heteroatoms. The lowest BCUT2D eigenvalue weighted by Crippen LogP contribution is -2.31. The van der Waals surface area contributed by atoms with E-state index < -0.39 is 0 Å². The van der Waals surface area contributed by atoms with Gasteiger partial charge in [0.15, 0.2) is 0 Å². The summed E-state index contributed by atoms with van der Waals surface area (Å²) in [6.45, 7) is 4.62. The minimum absolute atomic E-state index is 0.173. The smallest absolute Gasteiger partial charge is 0.274 e. The zero-order chi connectivity index (χ0) is 16.2. The van der Waals surface area contributed by atoms with E-state index in [1.54, 1.807) is 11.0 Å². The zero-order valence-corrected chi connectivity index (χ0v) is 13.8. The molecule has 0 saturated heterocycles. The predicted molar refractivity (Wildman–Crippen MR) is 93.8 cm³/mol. The van der Waals surface area contributed by atoms with E-state index in [4.69, 9.17) is 11.6 Å². The van der Waals surface area contributed by atoms with Crippen molar-refractivity contribution in [3.05, 3.63) is 70.2 Å². The molecule has 2 heterocycles. The minimum Gasteiger partial charge on any atom is -0.328 e. The van der Waals surface area contributed by atoms with Gasteiger partial charge in [0.25, 0.3) is 5.91 Å². The van der Waals surface area contributed by atoms with Crippen LogP contribution in [0.25, 0.3) is 11.0 Å². The van der Waals surface area contributed by atoms with Gasteiger partial charge in [-0.1, -0.05) is 29.8 Å². The summed E-state index contributed by atoms with van der Waals surface area (Å²) in [5.74, 6) is -0.173. The van der Waals surface area contributed by atoms with Crippen molar-refractivity contribution >= 4 is 39.9 Å². The number of nitrogens with zero attached hydrogens (tertiary/aromatic N) is 3. The van der Waals surface area contributed by atoms with E-state index in [2.05, 4.69) is 16.5 Å². The summed E-state index contributed by atoms with van der Waals surface area (Å²) < 4.78 is 0.705. The maximum absolute atomic E-state index is 12.7. The molecule has 3 aromatic rings. The van der Waals surface area contributed by atoms with Gasteiger partial charge in [0.1, 0.15) is 5.69 Å². The van der Waals surface area contributed by atoms with Crippen LogP contribution in [0.2, 0.25) is 4.34 Å². The Kier molecular flexibility index (Phi) is 4.69. The standard InChI is InChI=1S/C17H14ClN3OS/c1-2-9-21(11-12-7-8-16(18)23-12)17(22)15-10-19-13-5-3-4-6-14(13)20-15/h2-8,10H,1,9,11H2. The molecule has 116 valence electrons. The molecule has 0 atom stereocenters. The van der Waals surface area contributed by atoms with Crippen molar-refractivity contribution < 1.29 is 4.79 Å². The van der Waals surface area contributed by atoms with Gasteiger partial charge in [0, 0.05) is 11.4 Å². The minimum atomic E-state index is -0.173. The van der Waals surface area contributed by atoms with Gasteiger partial charge in [-0.05, 0) is 24.3 Å². The summed E-state index contributed by atoms with van der Waals surface area (Å²) in [5, 5.41) is 0. The van der Waals surface area contributed by atoms with Gasteiger partial charge >= 0.3 is 0 Å². The molecule has 0 unspecified atom stereocenters. The van der Waals surface area contributed by atoms with Crippen molar-refractivity contribution in [3.8, 4) is 0 Å². The highest BCUT2D eigenvalue weighted by Gasteiger charge is 2.18. The lowest BCUT2D eigenvalue weighted by Gasteiger charge is -2.19. The summed E-state index contributed by atoms with van der Waals surface area (Å²) >= 11 is 7.41. The van der Waals surface area contributed by atoms with Crippen LogP contribution in [0.3, 0.4) is 0 Å². The monoisotopic (exact) mass is 343 g/mol. The second kappa shape index (κ2) is 6.89. The molecule has 1 amide bonds. The first-order chi connectivity index (χ1) is 11.2. The van der Waals surface area contributed by atoms with Gasteiger partial charge in [0.05, 0.1) is 28.1 Å². The summed E-state index contributed by atoms with van der Waals surface area (Å²) in [5.41, 5.74) is 1.80. The van der Waals surface area contributed by atoms with Crippen molar-refractivity contribution in [2.75, 3.05) is 6.54 Å². The Balaban J connectivity index is 1.88. The normalized spacial score (nSPS) is 10.7. The number of thiophene rings is 1. The van der Waals surface area contributed by atoms with Crippen LogP contribution in [-0.4, -0.2) is 27.3 Å². The molecule has 0 saturated carbocycles. The molecule has 2 aromatic heterocycles. The second-order valence-electron chi connectivity index (χ2n) is 4.92. The van der Waals surface area contributed by atoms with Gasteiger partial charge < -0.3 is 4.90 Å². The number of fused-ring (bicyclic) bond motifs is 1. The topological polar surface area (TPSA) is 46.1 Å². The maximum atomic E-state index is 12.7. The first-order valence-electron chi connectivity index (χ1n) is 7.03. The van der Waals surface area contributed by atoms with Crippen molar-refractivity contribution in [1.29, 1.82) is 0 Å². The average Bonchev–Trinajstić information content (AvgIpc) is 2.98. The number of hydrogen-bond donors (Lipinski definition) is 0. The largest absolute Gasteiger partial charge is 0.328 e. The Bertz CT molecular complexity index is 862. The molecular weight excluding hydrogens is 330 g/mol. The molecule has 0 aliphatic heterocycles. The van der Waals surface area contributed by atoms with Gasteiger partial charge in [-0.2, -0.15) is 0 Å². The first kappa shape index (κ1) is 15.6. The Hall–Kier alpha value is -2.24. The van der Waals surface area contributed by atoms with E-state index in [-0.39, 0.29) is 5.91 Å². The molecule has 0 aliphatic rings. The van der Waals surface area contributed by atoms with E-state index in [1.807, 2.05) is 36.4 Å². The molecule has 0 spiro atoms. The zero-order valence-electron chi connectivity index (χ0n) is 12.3. The lowest BCUT2D eigenvalue weighted by molar-refractivity contribution is 0.0758. The van der Waals surface area contributed by atoms with Crippen LogP contribution in [0.15, 0.2) is 55.3 Å². The third kappa shape index (κ3) is 3.57. The van der Waals surface area contributed by atoms with Gasteiger partial charge in [0.2, 0.25) is 0 Å². The summed E-state index contributed by atoms with van der Waals surface area (Å²) in [7, 11) is 0.